The SMILES string of the molecule is CNCC(Oc1ccc(F)c(C(F)(F)F)c1)C(C)C. The molecule has 0 bridgehead atoms. The maximum absolute atomic E-state index is 13.1. The third-order valence-corrected chi connectivity index (χ3v) is 2.68. The van der Waals surface area contributed by atoms with Gasteiger partial charge < -0.3 is 10.1 Å². The van der Waals surface area contributed by atoms with E-state index in [0.29, 0.717) is 12.6 Å². The van der Waals surface area contributed by atoms with Crippen LogP contribution in [0, 0.1) is 11.7 Å². The van der Waals surface area contributed by atoms with Crippen molar-refractivity contribution in [2.75, 3.05) is 13.6 Å². The topological polar surface area (TPSA) is 21.3 Å². The summed E-state index contributed by atoms with van der Waals surface area (Å²) in [6.07, 6.45) is -5.00. The summed E-state index contributed by atoms with van der Waals surface area (Å²) in [6, 6.07) is 2.67. The van der Waals surface area contributed by atoms with Crippen LogP contribution in [0.2, 0.25) is 0 Å². The van der Waals surface area contributed by atoms with Crippen molar-refractivity contribution in [2.24, 2.45) is 5.92 Å². The number of hydrogen-bond acceptors (Lipinski definition) is 2. The molecule has 0 saturated heterocycles. The lowest BCUT2D eigenvalue weighted by molar-refractivity contribution is -0.140. The van der Waals surface area contributed by atoms with E-state index >= 15 is 0 Å². The number of likely N-dealkylation sites (N-methyl/N-ethyl adjacent to an activating group) is 1. The van der Waals surface area contributed by atoms with Crippen molar-refractivity contribution in [3.63, 3.8) is 0 Å². The molecule has 0 spiro atoms. The third kappa shape index (κ3) is 4.38. The average molecular weight is 279 g/mol. The molecule has 0 aliphatic carbocycles. The molecule has 0 aromatic heterocycles. The molecule has 1 atom stereocenters. The molecule has 0 heterocycles. The number of halogens is 4. The first kappa shape index (κ1) is 15.8. The van der Waals surface area contributed by atoms with Crippen LogP contribution in [0.1, 0.15) is 19.4 Å². The van der Waals surface area contributed by atoms with Gasteiger partial charge in [0.05, 0.1) is 5.56 Å². The molecular formula is C13H17F4NO. The highest BCUT2D eigenvalue weighted by atomic mass is 19.4. The molecule has 0 fully saturated rings. The number of nitrogens with one attached hydrogen (secondary N) is 1. The van der Waals surface area contributed by atoms with Crippen molar-refractivity contribution in [3.05, 3.63) is 29.6 Å². The van der Waals surface area contributed by atoms with Gasteiger partial charge >= 0.3 is 6.18 Å². The van der Waals surface area contributed by atoms with Gasteiger partial charge in [-0.2, -0.15) is 13.2 Å². The van der Waals surface area contributed by atoms with Crippen molar-refractivity contribution >= 4 is 0 Å². The summed E-state index contributed by atoms with van der Waals surface area (Å²) in [4.78, 5) is 0. The van der Waals surface area contributed by atoms with Gasteiger partial charge in [0, 0.05) is 6.54 Å². The Balaban J connectivity index is 2.96. The number of ether oxygens (including phenoxy) is 1. The Kier molecular flexibility index (Phi) is 5.17. The van der Waals surface area contributed by atoms with E-state index in [1.807, 2.05) is 13.8 Å². The fourth-order valence-corrected chi connectivity index (χ4v) is 1.58. The molecule has 1 N–H and O–H groups in total. The highest BCUT2D eigenvalue weighted by molar-refractivity contribution is 5.31. The maximum Gasteiger partial charge on any atom is 0.419 e. The van der Waals surface area contributed by atoms with Crippen molar-refractivity contribution in [1.82, 2.24) is 5.32 Å². The number of benzene rings is 1. The van der Waals surface area contributed by atoms with E-state index in [1.54, 1.807) is 7.05 Å². The molecular weight excluding hydrogens is 262 g/mol. The molecule has 0 radical (unpaired) electrons. The minimum absolute atomic E-state index is 0.0164. The highest BCUT2D eigenvalue weighted by Gasteiger charge is 2.34. The summed E-state index contributed by atoms with van der Waals surface area (Å²) in [5, 5.41) is 2.90. The van der Waals surface area contributed by atoms with E-state index in [9.17, 15) is 17.6 Å². The zero-order valence-corrected chi connectivity index (χ0v) is 11.0. The largest absolute Gasteiger partial charge is 0.489 e. The van der Waals surface area contributed by atoms with Crippen LogP contribution in [0.25, 0.3) is 0 Å². The van der Waals surface area contributed by atoms with Gasteiger partial charge in [-0.25, -0.2) is 4.39 Å². The predicted octanol–water partition coefficient (Wildman–Crippen LogP) is 3.47. The molecule has 6 heteroatoms. The zero-order chi connectivity index (χ0) is 14.6. The van der Waals surface area contributed by atoms with Crippen LogP contribution in [-0.4, -0.2) is 19.7 Å². The second-order valence-electron chi connectivity index (χ2n) is 4.60. The molecule has 0 aliphatic rings. The quantitative estimate of drug-likeness (QED) is 0.833. The minimum atomic E-state index is -4.72. The maximum atomic E-state index is 13.1. The van der Waals surface area contributed by atoms with Crippen LogP contribution in [0.3, 0.4) is 0 Å². The van der Waals surface area contributed by atoms with Crippen molar-refractivity contribution in [3.8, 4) is 5.75 Å². The fourth-order valence-electron chi connectivity index (χ4n) is 1.58. The van der Waals surface area contributed by atoms with Gasteiger partial charge in [0.15, 0.2) is 0 Å². The predicted molar refractivity (Wildman–Crippen MR) is 64.6 cm³/mol. The number of rotatable bonds is 5. The first-order valence-electron chi connectivity index (χ1n) is 5.93. The van der Waals surface area contributed by atoms with Gasteiger partial charge in [-0.3, -0.25) is 0 Å². The smallest absolute Gasteiger partial charge is 0.419 e. The Hall–Kier alpha value is -1.30. The van der Waals surface area contributed by atoms with Crippen LogP contribution in [0.4, 0.5) is 17.6 Å². The Morgan fingerprint density at radius 1 is 1.26 bits per heavy atom. The van der Waals surface area contributed by atoms with E-state index < -0.39 is 17.6 Å². The molecule has 2 nitrogen and oxygen atoms in total. The summed E-state index contributed by atoms with van der Waals surface area (Å²) >= 11 is 0. The summed E-state index contributed by atoms with van der Waals surface area (Å²) in [7, 11) is 1.73. The summed E-state index contributed by atoms with van der Waals surface area (Å²) < 4.78 is 56.3. The van der Waals surface area contributed by atoms with E-state index in [1.165, 1.54) is 6.07 Å². The average Bonchev–Trinajstić information content (AvgIpc) is 2.29. The van der Waals surface area contributed by atoms with Gasteiger partial charge in [-0.05, 0) is 31.2 Å². The second-order valence-corrected chi connectivity index (χ2v) is 4.60. The van der Waals surface area contributed by atoms with Crippen LogP contribution in [0.15, 0.2) is 18.2 Å². The Bertz CT molecular complexity index is 418. The normalized spacial score (nSPS) is 13.7. The number of alkyl halides is 3. The second kappa shape index (κ2) is 6.23. The highest BCUT2D eigenvalue weighted by Crippen LogP contribution is 2.34. The van der Waals surface area contributed by atoms with Gasteiger partial charge in [-0.1, -0.05) is 13.8 Å². The molecule has 0 amide bonds. The Morgan fingerprint density at radius 3 is 2.37 bits per heavy atom. The molecule has 1 unspecified atom stereocenters. The molecule has 1 rings (SSSR count). The molecule has 19 heavy (non-hydrogen) atoms. The summed E-state index contributed by atoms with van der Waals surface area (Å²) in [5.41, 5.74) is -1.31. The lowest BCUT2D eigenvalue weighted by Gasteiger charge is -2.23. The monoisotopic (exact) mass is 279 g/mol. The van der Waals surface area contributed by atoms with Crippen LogP contribution < -0.4 is 10.1 Å². The Morgan fingerprint density at radius 2 is 1.89 bits per heavy atom. The molecule has 108 valence electrons. The first-order valence-corrected chi connectivity index (χ1v) is 5.93. The van der Waals surface area contributed by atoms with Crippen LogP contribution in [0.5, 0.6) is 5.75 Å². The van der Waals surface area contributed by atoms with Gasteiger partial charge in [0.2, 0.25) is 0 Å². The van der Waals surface area contributed by atoms with E-state index in [4.69, 9.17) is 4.74 Å². The van der Waals surface area contributed by atoms with Crippen LogP contribution in [-0.2, 0) is 6.18 Å². The van der Waals surface area contributed by atoms with E-state index in [2.05, 4.69) is 5.32 Å². The van der Waals surface area contributed by atoms with Crippen molar-refractivity contribution in [2.45, 2.75) is 26.1 Å². The molecule has 1 aromatic carbocycles. The van der Waals surface area contributed by atoms with Crippen LogP contribution >= 0.6 is 0 Å². The van der Waals surface area contributed by atoms with E-state index in [0.717, 1.165) is 6.07 Å². The van der Waals surface area contributed by atoms with E-state index in [-0.39, 0.29) is 17.8 Å². The lowest BCUT2D eigenvalue weighted by Crippen LogP contribution is -2.33. The molecule has 0 aliphatic heterocycles. The third-order valence-electron chi connectivity index (χ3n) is 2.68. The minimum Gasteiger partial charge on any atom is -0.489 e. The molecule has 0 saturated carbocycles. The molecule has 1 aromatic rings. The first-order chi connectivity index (χ1) is 8.75. The van der Waals surface area contributed by atoms with Gasteiger partial charge in [-0.15, -0.1) is 0 Å². The lowest BCUT2D eigenvalue weighted by atomic mass is 10.1. The van der Waals surface area contributed by atoms with Crippen molar-refractivity contribution in [1.29, 1.82) is 0 Å². The standard InChI is InChI=1S/C13H17F4NO/c1-8(2)12(7-18-3)19-9-4-5-11(14)10(6-9)13(15,16)17/h4-6,8,12,18H,7H2,1-3H3. The number of hydrogen-bond donors (Lipinski definition) is 1. The van der Waals surface area contributed by atoms with Gasteiger partial charge in [0.25, 0.3) is 0 Å². The van der Waals surface area contributed by atoms with Gasteiger partial charge in [0.1, 0.15) is 17.7 Å². The fraction of sp³-hybridized carbons (Fsp3) is 0.538. The summed E-state index contributed by atoms with van der Waals surface area (Å²) in [5.74, 6) is -1.16. The van der Waals surface area contributed by atoms with Crippen molar-refractivity contribution < 1.29 is 22.3 Å². The summed E-state index contributed by atoms with van der Waals surface area (Å²) in [6.45, 7) is 4.29. The zero-order valence-electron chi connectivity index (χ0n) is 11.0. The Labute approximate surface area is 109 Å².